The quantitative estimate of drug-likeness (QED) is 0.660. The molecule has 0 spiro atoms. The number of fused-ring (bicyclic) bond motifs is 1. The molecule has 1 nitrogen and oxygen atoms in total. The van der Waals surface area contributed by atoms with Crippen LogP contribution in [0, 0.1) is 6.92 Å². The summed E-state index contributed by atoms with van der Waals surface area (Å²) in [6.07, 6.45) is 1.28. The van der Waals surface area contributed by atoms with Gasteiger partial charge in [-0.3, -0.25) is 0 Å². The first-order chi connectivity index (χ1) is 7.03. The van der Waals surface area contributed by atoms with Crippen molar-refractivity contribution >= 4 is 8.07 Å². The number of hydrogen-bond acceptors (Lipinski definition) is 1. The number of ether oxygens (including phenoxy) is 1. The van der Waals surface area contributed by atoms with Gasteiger partial charge in [0, 0.05) is 0 Å². The molecule has 2 rings (SSSR count). The van der Waals surface area contributed by atoms with Gasteiger partial charge in [-0.25, -0.2) is 0 Å². The van der Waals surface area contributed by atoms with Gasteiger partial charge in [-0.05, 0) is 42.1 Å². The lowest BCUT2D eigenvalue weighted by Crippen LogP contribution is -2.34. The Balaban J connectivity index is 2.47. The Kier molecular flexibility index (Phi) is 2.63. The third-order valence-corrected chi connectivity index (χ3v) is 6.51. The fourth-order valence-corrected chi connectivity index (χ4v) is 5.11. The maximum absolute atomic E-state index is 5.39. The summed E-state index contributed by atoms with van der Waals surface area (Å²) in [5.74, 6) is 1.06. The van der Waals surface area contributed by atoms with E-state index in [4.69, 9.17) is 4.74 Å². The highest BCUT2D eigenvalue weighted by atomic mass is 28.3. The largest absolute Gasteiger partial charge is 0.496 e. The lowest BCUT2D eigenvalue weighted by Gasteiger charge is -2.31. The molecule has 0 amide bonds. The third-order valence-electron chi connectivity index (χ3n) is 3.59. The summed E-state index contributed by atoms with van der Waals surface area (Å²) in [5.41, 5.74) is 4.51. The Hall–Kier alpha value is -0.763. The average Bonchev–Trinajstić information content (AvgIpc) is 2.19. The van der Waals surface area contributed by atoms with Crippen molar-refractivity contribution in [1.29, 1.82) is 0 Å². The molecule has 0 bridgehead atoms. The van der Waals surface area contributed by atoms with Crippen LogP contribution in [0.25, 0.3) is 0 Å². The van der Waals surface area contributed by atoms with Gasteiger partial charge in [0.05, 0.1) is 15.2 Å². The molecular formula is C13H20OSi. The standard InChI is InChI=1S/C13H20OSi/c1-10-12-9-15(3,4)8-7-11(12)5-6-13(10)14-2/h5-6H,7-9H2,1-4H3. The molecule has 0 saturated heterocycles. The van der Waals surface area contributed by atoms with Crippen molar-refractivity contribution < 1.29 is 4.74 Å². The molecule has 1 aromatic carbocycles. The van der Waals surface area contributed by atoms with Crippen LogP contribution >= 0.6 is 0 Å². The summed E-state index contributed by atoms with van der Waals surface area (Å²) in [4.78, 5) is 0. The van der Waals surface area contributed by atoms with Crippen molar-refractivity contribution in [2.75, 3.05) is 7.11 Å². The molecule has 0 aliphatic carbocycles. The van der Waals surface area contributed by atoms with Gasteiger partial charge in [-0.1, -0.05) is 25.2 Å². The second-order valence-corrected chi connectivity index (χ2v) is 10.6. The highest BCUT2D eigenvalue weighted by Crippen LogP contribution is 2.33. The zero-order valence-electron chi connectivity index (χ0n) is 10.2. The van der Waals surface area contributed by atoms with Gasteiger partial charge in [0.1, 0.15) is 5.75 Å². The third kappa shape index (κ3) is 1.96. The molecule has 1 aliphatic heterocycles. The second kappa shape index (κ2) is 3.67. The van der Waals surface area contributed by atoms with Crippen LogP contribution in [-0.4, -0.2) is 15.2 Å². The van der Waals surface area contributed by atoms with Crippen molar-refractivity contribution in [2.24, 2.45) is 0 Å². The molecule has 0 saturated carbocycles. The molecule has 2 heteroatoms. The number of hydrogen-bond donors (Lipinski definition) is 0. The van der Waals surface area contributed by atoms with E-state index in [9.17, 15) is 0 Å². The number of aryl methyl sites for hydroxylation is 1. The maximum Gasteiger partial charge on any atom is 0.122 e. The average molecular weight is 220 g/mol. The van der Waals surface area contributed by atoms with E-state index >= 15 is 0 Å². The smallest absolute Gasteiger partial charge is 0.122 e. The molecule has 15 heavy (non-hydrogen) atoms. The number of methoxy groups -OCH3 is 1. The highest BCUT2D eigenvalue weighted by Gasteiger charge is 2.28. The van der Waals surface area contributed by atoms with Crippen molar-refractivity contribution in [2.45, 2.75) is 38.5 Å². The fraction of sp³-hybridized carbons (Fsp3) is 0.538. The van der Waals surface area contributed by atoms with Crippen LogP contribution in [0.3, 0.4) is 0 Å². The molecule has 0 fully saturated rings. The van der Waals surface area contributed by atoms with E-state index in [0.29, 0.717) is 0 Å². The Bertz CT molecular complexity index is 382. The summed E-state index contributed by atoms with van der Waals surface area (Å²) < 4.78 is 5.39. The summed E-state index contributed by atoms with van der Waals surface area (Å²) in [7, 11) is 0.800. The van der Waals surface area contributed by atoms with Crippen LogP contribution in [0.4, 0.5) is 0 Å². The minimum Gasteiger partial charge on any atom is -0.496 e. The Morgan fingerprint density at radius 3 is 2.67 bits per heavy atom. The van der Waals surface area contributed by atoms with E-state index in [-0.39, 0.29) is 0 Å². The number of rotatable bonds is 1. The van der Waals surface area contributed by atoms with E-state index in [1.54, 1.807) is 18.2 Å². The van der Waals surface area contributed by atoms with Gasteiger partial charge >= 0.3 is 0 Å². The molecule has 0 aromatic heterocycles. The van der Waals surface area contributed by atoms with Gasteiger partial charge in [-0.2, -0.15) is 0 Å². The summed E-state index contributed by atoms with van der Waals surface area (Å²) in [6, 6.07) is 7.13. The Labute approximate surface area is 93.5 Å². The van der Waals surface area contributed by atoms with E-state index < -0.39 is 8.07 Å². The highest BCUT2D eigenvalue weighted by molar-refractivity contribution is 6.77. The lowest BCUT2D eigenvalue weighted by molar-refractivity contribution is 0.411. The SMILES string of the molecule is COc1ccc2c(c1C)C[Si](C)(C)CC2. The number of benzene rings is 1. The molecular weight excluding hydrogens is 200 g/mol. The molecule has 82 valence electrons. The minimum absolute atomic E-state index is 0.964. The molecule has 1 aromatic rings. The normalized spacial score (nSPS) is 18.4. The first-order valence-corrected chi connectivity index (χ1v) is 9.10. The van der Waals surface area contributed by atoms with Crippen molar-refractivity contribution in [1.82, 2.24) is 0 Å². The molecule has 0 N–H and O–H groups in total. The molecule has 0 atom stereocenters. The monoisotopic (exact) mass is 220 g/mol. The van der Waals surface area contributed by atoms with Gasteiger partial charge < -0.3 is 4.74 Å². The van der Waals surface area contributed by atoms with Gasteiger partial charge in [-0.15, -0.1) is 0 Å². The van der Waals surface area contributed by atoms with Crippen LogP contribution in [0.2, 0.25) is 19.1 Å². The lowest BCUT2D eigenvalue weighted by atomic mass is 10.00. The predicted octanol–water partition coefficient (Wildman–Crippen LogP) is 3.35. The second-order valence-electron chi connectivity index (χ2n) is 5.37. The van der Waals surface area contributed by atoms with E-state index in [1.807, 2.05) is 0 Å². The zero-order valence-corrected chi connectivity index (χ0v) is 11.2. The minimum atomic E-state index is -0.964. The Morgan fingerprint density at radius 2 is 2.00 bits per heavy atom. The summed E-state index contributed by atoms with van der Waals surface area (Å²) in [5, 5.41) is 0. The molecule has 0 unspecified atom stereocenters. The van der Waals surface area contributed by atoms with Crippen LogP contribution in [-0.2, 0) is 12.5 Å². The van der Waals surface area contributed by atoms with Crippen molar-refractivity contribution in [3.05, 3.63) is 28.8 Å². The first-order valence-electron chi connectivity index (χ1n) is 5.69. The van der Waals surface area contributed by atoms with Crippen LogP contribution in [0.15, 0.2) is 12.1 Å². The molecule has 1 heterocycles. The Morgan fingerprint density at radius 1 is 1.27 bits per heavy atom. The van der Waals surface area contributed by atoms with E-state index in [2.05, 4.69) is 32.2 Å². The first kappa shape index (κ1) is 10.7. The van der Waals surface area contributed by atoms with Crippen LogP contribution in [0.1, 0.15) is 16.7 Å². The molecule has 1 aliphatic rings. The van der Waals surface area contributed by atoms with Crippen molar-refractivity contribution in [3.63, 3.8) is 0 Å². The van der Waals surface area contributed by atoms with E-state index in [0.717, 1.165) is 5.75 Å². The van der Waals surface area contributed by atoms with Crippen LogP contribution < -0.4 is 4.74 Å². The van der Waals surface area contributed by atoms with Gasteiger partial charge in [0.25, 0.3) is 0 Å². The predicted molar refractivity (Wildman–Crippen MR) is 67.4 cm³/mol. The van der Waals surface area contributed by atoms with Gasteiger partial charge in [0.15, 0.2) is 0 Å². The summed E-state index contributed by atoms with van der Waals surface area (Å²) >= 11 is 0. The topological polar surface area (TPSA) is 9.23 Å². The van der Waals surface area contributed by atoms with E-state index in [1.165, 1.54) is 24.1 Å². The van der Waals surface area contributed by atoms with Crippen LogP contribution in [0.5, 0.6) is 5.75 Å². The van der Waals surface area contributed by atoms with Crippen molar-refractivity contribution in [3.8, 4) is 5.75 Å². The summed E-state index contributed by atoms with van der Waals surface area (Å²) in [6.45, 7) is 7.19. The van der Waals surface area contributed by atoms with Gasteiger partial charge in [0.2, 0.25) is 0 Å². The fourth-order valence-electron chi connectivity index (χ4n) is 2.53. The zero-order chi connectivity index (χ0) is 11.1. The molecule has 0 radical (unpaired) electrons. The maximum atomic E-state index is 5.39.